The molecule has 0 aliphatic carbocycles. The van der Waals surface area contributed by atoms with Crippen LogP contribution in [0.2, 0.25) is 0 Å². The zero-order valence-corrected chi connectivity index (χ0v) is 27.7. The number of Topliss-reactive ketones (excluding diaryl/α,β-unsaturated/α-hetero) is 1. The number of hydrogen-bond acceptors (Lipinski definition) is 8. The predicted octanol–water partition coefficient (Wildman–Crippen LogP) is 4.45. The monoisotopic (exact) mass is 731 g/mol. The van der Waals surface area contributed by atoms with E-state index in [1.165, 1.54) is 75.6 Å². The molecular weight excluding hydrogens is 700 g/mol. The molecule has 0 radical (unpaired) electrons. The molecule has 0 spiro atoms. The van der Waals surface area contributed by atoms with Crippen LogP contribution < -0.4 is 25.4 Å². The molecule has 274 valence electrons. The second-order valence-corrected chi connectivity index (χ2v) is 11.6. The average molecular weight is 732 g/mol. The first-order valence-electron chi connectivity index (χ1n) is 15.3. The molecular formula is C35H31F6N5O6. The molecule has 0 aliphatic heterocycles. The summed E-state index contributed by atoms with van der Waals surface area (Å²) < 4.78 is 92.5. The number of hydrogen-bond donors (Lipinski definition) is 3. The van der Waals surface area contributed by atoms with E-state index < -0.39 is 72.1 Å². The van der Waals surface area contributed by atoms with Crippen molar-refractivity contribution in [3.05, 3.63) is 94.8 Å². The highest BCUT2D eigenvalue weighted by Crippen LogP contribution is 2.25. The van der Waals surface area contributed by atoms with Crippen molar-refractivity contribution in [2.24, 2.45) is 5.92 Å². The zero-order chi connectivity index (χ0) is 38.8. The van der Waals surface area contributed by atoms with E-state index >= 15 is 0 Å². The molecule has 0 aromatic heterocycles. The third-order valence-corrected chi connectivity index (χ3v) is 7.33. The van der Waals surface area contributed by atoms with Gasteiger partial charge in [0.1, 0.15) is 29.9 Å². The average Bonchev–Trinajstić information content (AvgIpc) is 3.10. The van der Waals surface area contributed by atoms with Gasteiger partial charge in [-0.2, -0.15) is 32.5 Å². The minimum absolute atomic E-state index is 0.00253. The van der Waals surface area contributed by atoms with Gasteiger partial charge in [-0.05, 0) is 59.5 Å². The summed E-state index contributed by atoms with van der Waals surface area (Å²) in [6.07, 6.45) is -6.97. The number of alkyl halides is 5. The van der Waals surface area contributed by atoms with Crippen LogP contribution in [0.3, 0.4) is 0 Å². The highest BCUT2D eigenvalue weighted by molar-refractivity contribution is 6.10. The Kier molecular flexibility index (Phi) is 13.4. The first kappa shape index (κ1) is 40.3. The number of carbonyl (C=O) groups is 4. The summed E-state index contributed by atoms with van der Waals surface area (Å²) in [5.41, 5.74) is 0.281. The minimum Gasteiger partial charge on any atom is -0.497 e. The Morgan fingerprint density at radius 2 is 1.44 bits per heavy atom. The Morgan fingerprint density at radius 1 is 0.827 bits per heavy atom. The van der Waals surface area contributed by atoms with Crippen molar-refractivity contribution in [3.63, 3.8) is 0 Å². The lowest BCUT2D eigenvalue weighted by Crippen LogP contribution is -2.58. The number of amides is 3. The molecule has 52 heavy (non-hydrogen) atoms. The molecule has 17 heteroatoms. The molecule has 11 nitrogen and oxygen atoms in total. The maximum atomic E-state index is 14.9. The maximum Gasteiger partial charge on any atom is 0.405 e. The van der Waals surface area contributed by atoms with E-state index in [-0.39, 0.29) is 34.4 Å². The Balaban J connectivity index is 2.01. The van der Waals surface area contributed by atoms with Crippen molar-refractivity contribution in [3.8, 4) is 23.6 Å². The number of nitrogens with one attached hydrogen (secondary N) is 3. The molecule has 0 saturated heterocycles. The van der Waals surface area contributed by atoms with Gasteiger partial charge in [-0.3, -0.25) is 19.2 Å². The largest absolute Gasteiger partial charge is 0.497 e. The molecule has 0 aliphatic rings. The summed E-state index contributed by atoms with van der Waals surface area (Å²) in [6.45, 7) is 0.304. The molecule has 3 aromatic carbocycles. The van der Waals surface area contributed by atoms with E-state index in [0.717, 1.165) is 17.4 Å². The molecule has 0 saturated carbocycles. The van der Waals surface area contributed by atoms with Crippen LogP contribution in [0.1, 0.15) is 42.1 Å². The first-order chi connectivity index (χ1) is 24.4. The number of nitrogens with zero attached hydrogens (tertiary/aromatic N) is 2. The van der Waals surface area contributed by atoms with Crippen molar-refractivity contribution in [1.29, 1.82) is 10.5 Å². The lowest BCUT2D eigenvalue weighted by Gasteiger charge is -2.28. The Morgan fingerprint density at radius 3 is 1.96 bits per heavy atom. The van der Waals surface area contributed by atoms with Crippen LogP contribution in [0.4, 0.5) is 26.3 Å². The summed E-state index contributed by atoms with van der Waals surface area (Å²) in [5, 5.41) is 24.2. The van der Waals surface area contributed by atoms with Crippen molar-refractivity contribution < 1.29 is 55.0 Å². The number of nitriles is 2. The van der Waals surface area contributed by atoms with Gasteiger partial charge in [0.25, 0.3) is 11.8 Å². The van der Waals surface area contributed by atoms with Gasteiger partial charge in [0, 0.05) is 6.42 Å². The lowest BCUT2D eigenvalue weighted by molar-refractivity contribution is -0.165. The first-order valence-corrected chi connectivity index (χ1v) is 15.3. The summed E-state index contributed by atoms with van der Waals surface area (Å²) in [5.74, 6) is -13.6. The second-order valence-electron chi connectivity index (χ2n) is 11.6. The minimum atomic E-state index is -5.06. The van der Waals surface area contributed by atoms with E-state index in [1.54, 1.807) is 0 Å². The van der Waals surface area contributed by atoms with Crippen LogP contribution in [0.5, 0.6) is 11.5 Å². The summed E-state index contributed by atoms with van der Waals surface area (Å²) >= 11 is 0. The Labute approximate surface area is 293 Å². The third-order valence-electron chi connectivity index (χ3n) is 7.33. The molecule has 0 heterocycles. The van der Waals surface area contributed by atoms with Crippen LogP contribution in [-0.4, -0.2) is 61.4 Å². The van der Waals surface area contributed by atoms with Gasteiger partial charge in [-0.25, -0.2) is 4.39 Å². The number of methoxy groups -OCH3 is 1. The fourth-order valence-electron chi connectivity index (χ4n) is 4.73. The molecule has 3 unspecified atom stereocenters. The topological polar surface area (TPSA) is 170 Å². The number of rotatable bonds is 15. The number of ketones is 1. The van der Waals surface area contributed by atoms with Crippen LogP contribution in [0, 0.1) is 34.4 Å². The van der Waals surface area contributed by atoms with E-state index in [9.17, 15) is 56.0 Å². The van der Waals surface area contributed by atoms with Crippen molar-refractivity contribution >= 4 is 23.5 Å². The van der Waals surface area contributed by atoms with Gasteiger partial charge in [0.15, 0.2) is 6.10 Å². The van der Waals surface area contributed by atoms with Crippen molar-refractivity contribution in [2.75, 3.05) is 13.7 Å². The smallest absolute Gasteiger partial charge is 0.405 e. The molecule has 0 bridgehead atoms. The van der Waals surface area contributed by atoms with Crippen molar-refractivity contribution in [1.82, 2.24) is 16.0 Å². The summed E-state index contributed by atoms with van der Waals surface area (Å²) in [4.78, 5) is 52.6. The van der Waals surface area contributed by atoms with E-state index in [4.69, 9.17) is 9.47 Å². The normalized spacial score (nSPS) is 13.1. The second kappa shape index (κ2) is 17.2. The molecule has 3 atom stereocenters. The summed E-state index contributed by atoms with van der Waals surface area (Å²) in [6, 6.07) is 14.0. The van der Waals surface area contributed by atoms with Crippen LogP contribution >= 0.6 is 0 Å². The fraction of sp³-hybridized carbons (Fsp3) is 0.314. The SMILES string of the molecule is COc1ccc(C(NC(=O)C(Cc2cccc(F)c2)Oc2cc(C#N)cc(C#N)c2)C(=O)NC(C(=O)C(F)(F)C(=O)NCC(F)(F)F)C(C)C)cc1. The number of ether oxygens (including phenoxy) is 2. The highest BCUT2D eigenvalue weighted by atomic mass is 19.4. The highest BCUT2D eigenvalue weighted by Gasteiger charge is 2.52. The van der Waals surface area contributed by atoms with Crippen LogP contribution in [0.15, 0.2) is 66.7 Å². The number of carbonyl (C=O) groups excluding carboxylic acids is 4. The molecule has 0 fully saturated rings. The number of benzene rings is 3. The summed E-state index contributed by atoms with van der Waals surface area (Å²) in [7, 11) is 1.35. The van der Waals surface area contributed by atoms with Crippen LogP contribution in [0.25, 0.3) is 0 Å². The zero-order valence-electron chi connectivity index (χ0n) is 27.7. The van der Waals surface area contributed by atoms with E-state index in [2.05, 4.69) is 10.6 Å². The quantitative estimate of drug-likeness (QED) is 0.152. The van der Waals surface area contributed by atoms with Crippen molar-refractivity contribution in [2.45, 2.75) is 50.6 Å². The van der Waals surface area contributed by atoms with Gasteiger partial charge in [0.2, 0.25) is 11.7 Å². The Bertz CT molecular complexity index is 1840. The fourth-order valence-corrected chi connectivity index (χ4v) is 4.73. The van der Waals surface area contributed by atoms with Gasteiger partial charge in [0.05, 0.1) is 36.4 Å². The molecule has 3 N–H and O–H groups in total. The molecule has 3 aromatic rings. The van der Waals surface area contributed by atoms with Gasteiger partial charge in [-0.1, -0.05) is 38.1 Å². The number of halogens is 6. The molecule has 3 amide bonds. The lowest BCUT2D eigenvalue weighted by atomic mass is 9.94. The van der Waals surface area contributed by atoms with Crippen LogP contribution in [-0.2, 0) is 25.6 Å². The Hall–Kier alpha value is -6.10. The molecule has 3 rings (SSSR count). The van der Waals surface area contributed by atoms with Gasteiger partial charge in [-0.15, -0.1) is 0 Å². The third kappa shape index (κ3) is 10.9. The predicted molar refractivity (Wildman–Crippen MR) is 170 cm³/mol. The van der Waals surface area contributed by atoms with E-state index in [1.807, 2.05) is 12.1 Å². The standard InChI is InChI=1S/C35H31F6N5O6/c1-19(2)28(30(47)35(40,41)33(50)44-18-34(37,38)39)45-32(49)29(23-7-9-25(51-3)10-8-23)46-31(48)27(15-20-5-4-6-24(36)12-20)52-26-13-21(16-42)11-22(14-26)17-43/h4-14,19,27-29H,15,18H2,1-3H3,(H,44,50)(H,45,49)(H,46,48). The van der Waals surface area contributed by atoms with Gasteiger partial charge >= 0.3 is 12.1 Å². The maximum absolute atomic E-state index is 14.9. The van der Waals surface area contributed by atoms with Gasteiger partial charge < -0.3 is 25.4 Å². The van der Waals surface area contributed by atoms with E-state index in [0.29, 0.717) is 5.75 Å².